The molecule has 0 rings (SSSR count). The van der Waals surface area contributed by atoms with E-state index in [1.54, 1.807) is 0 Å². The second-order valence-electron chi connectivity index (χ2n) is 7.24. The van der Waals surface area contributed by atoms with Gasteiger partial charge in [0, 0.05) is 0 Å². The average Bonchev–Trinajstić information content (AvgIpc) is 2.56. The molecule has 0 aliphatic carbocycles. The van der Waals surface area contributed by atoms with Crippen LogP contribution in [0, 0.1) is 0 Å². The van der Waals surface area contributed by atoms with Crippen molar-refractivity contribution in [2.45, 2.75) is 122 Å². The van der Waals surface area contributed by atoms with Crippen molar-refractivity contribution in [2.75, 3.05) is 6.61 Å². The Hall–Kier alpha value is 0.870. The first-order chi connectivity index (χ1) is 12.1. The fraction of sp³-hybridized carbons (Fsp3) is 1.00. The minimum absolute atomic E-state index is 0. The summed E-state index contributed by atoms with van der Waals surface area (Å²) in [4.78, 5) is 0. The first-order valence-electron chi connectivity index (χ1n) is 10.7. The molecule has 0 aromatic heterocycles. The molecule has 0 atom stereocenters. The van der Waals surface area contributed by atoms with Gasteiger partial charge in [0.05, 0.1) is 6.61 Å². The van der Waals surface area contributed by atoms with Gasteiger partial charge in [-0.05, 0) is 6.42 Å². The van der Waals surface area contributed by atoms with Gasteiger partial charge in [-0.25, -0.2) is 8.42 Å². The van der Waals surface area contributed by atoms with E-state index in [0.29, 0.717) is 6.42 Å². The third kappa shape index (κ3) is 27.1. The van der Waals surface area contributed by atoms with Crippen LogP contribution in [0.2, 0.25) is 0 Å². The molecular weight excluding hydrogens is 359 g/mol. The third-order valence-electron chi connectivity index (χ3n) is 4.73. The largest absolute Gasteiger partial charge is 1.00 e. The Kier molecular flexibility index (Phi) is 24.8. The van der Waals surface area contributed by atoms with E-state index in [2.05, 4.69) is 11.1 Å². The number of hydrogen-bond donors (Lipinski definition) is 0. The summed E-state index contributed by atoms with van der Waals surface area (Å²) in [6.45, 7) is 2.30. The van der Waals surface area contributed by atoms with E-state index in [-0.39, 0.29) is 36.2 Å². The van der Waals surface area contributed by atoms with Crippen molar-refractivity contribution in [1.29, 1.82) is 0 Å². The monoisotopic (exact) mass is 400 g/mol. The summed E-state index contributed by atoms with van der Waals surface area (Å²) in [6, 6.07) is 0. The van der Waals surface area contributed by atoms with E-state index < -0.39 is 10.4 Å². The molecule has 26 heavy (non-hydrogen) atoms. The molecule has 0 amide bonds. The maximum absolute atomic E-state index is 10.2. The number of unbranched alkanes of at least 4 members (excludes halogenated alkanes) is 17. The Bertz CT molecular complexity index is 361. The fourth-order valence-corrected chi connectivity index (χ4v) is 3.49. The molecule has 0 saturated carbocycles. The molecule has 0 unspecified atom stereocenters. The Labute approximate surface area is 185 Å². The van der Waals surface area contributed by atoms with Gasteiger partial charge in [0.15, 0.2) is 0 Å². The molecule has 4 nitrogen and oxygen atoms in total. The molecule has 0 heterocycles. The molecule has 0 aromatic rings. The van der Waals surface area contributed by atoms with E-state index >= 15 is 0 Å². The molecule has 6 heteroatoms. The summed E-state index contributed by atoms with van der Waals surface area (Å²) in [7, 11) is -4.50. The van der Waals surface area contributed by atoms with E-state index in [4.69, 9.17) is 0 Å². The van der Waals surface area contributed by atoms with Gasteiger partial charge in [0.2, 0.25) is 10.4 Å². The van der Waals surface area contributed by atoms with Crippen molar-refractivity contribution in [1.82, 2.24) is 0 Å². The predicted molar refractivity (Wildman–Crippen MR) is 104 cm³/mol. The first-order valence-corrected chi connectivity index (χ1v) is 12.0. The molecule has 0 spiro atoms. The van der Waals surface area contributed by atoms with Crippen LogP contribution in [0.5, 0.6) is 0 Å². The maximum atomic E-state index is 10.2. The molecular formula is C20H41NaO4S. The standard InChI is InChI=1S/C20H42O4S.Na/c1-2-3-4-5-6-7-8-9-10-11-12-13-14-15-16-17-18-19-20-24-25(21,22)23;/h2-20H2,1H3,(H,21,22,23);/q;+1/p-1. The molecule has 0 aliphatic rings. The van der Waals surface area contributed by atoms with Gasteiger partial charge in [0.1, 0.15) is 0 Å². The Morgan fingerprint density at radius 3 is 1.12 bits per heavy atom. The van der Waals surface area contributed by atoms with Crippen LogP contribution in [0.1, 0.15) is 122 Å². The molecule has 0 fully saturated rings. The van der Waals surface area contributed by atoms with Crippen molar-refractivity contribution in [3.8, 4) is 0 Å². The molecule has 0 saturated heterocycles. The summed E-state index contributed by atoms with van der Waals surface area (Å²) in [5.41, 5.74) is 0. The Morgan fingerprint density at radius 1 is 0.577 bits per heavy atom. The van der Waals surface area contributed by atoms with Crippen molar-refractivity contribution in [3.63, 3.8) is 0 Å². The van der Waals surface area contributed by atoms with Gasteiger partial charge in [-0.15, -0.1) is 0 Å². The fourth-order valence-electron chi connectivity index (χ4n) is 3.16. The molecule has 0 bridgehead atoms. The predicted octanol–water partition coefficient (Wildman–Crippen LogP) is 3.51. The molecule has 0 aliphatic heterocycles. The van der Waals surface area contributed by atoms with E-state index in [9.17, 15) is 13.0 Å². The SMILES string of the molecule is CCCCCCCCCCCCCCCCCCCCOS(=O)(=O)[O-].[Na+]. The van der Waals surface area contributed by atoms with E-state index in [0.717, 1.165) is 12.8 Å². The molecule has 0 aromatic carbocycles. The zero-order chi connectivity index (χ0) is 18.6. The normalized spacial score (nSPS) is 11.5. The van der Waals surface area contributed by atoms with Crippen LogP contribution in [-0.2, 0) is 14.6 Å². The van der Waals surface area contributed by atoms with Crippen LogP contribution in [0.25, 0.3) is 0 Å². The maximum Gasteiger partial charge on any atom is 1.00 e. The average molecular weight is 401 g/mol. The summed E-state index contributed by atoms with van der Waals surface area (Å²) in [5.74, 6) is 0. The van der Waals surface area contributed by atoms with Gasteiger partial charge < -0.3 is 4.55 Å². The molecule has 0 radical (unpaired) electrons. The second kappa shape index (κ2) is 22.2. The van der Waals surface area contributed by atoms with Gasteiger partial charge in [-0.2, -0.15) is 0 Å². The zero-order valence-corrected chi connectivity index (χ0v) is 20.3. The minimum Gasteiger partial charge on any atom is -0.726 e. The zero-order valence-electron chi connectivity index (χ0n) is 17.5. The van der Waals surface area contributed by atoms with Crippen LogP contribution < -0.4 is 29.6 Å². The van der Waals surface area contributed by atoms with Crippen molar-refractivity contribution < 1.29 is 46.7 Å². The summed E-state index contributed by atoms with van der Waals surface area (Å²) >= 11 is 0. The van der Waals surface area contributed by atoms with Gasteiger partial charge >= 0.3 is 29.6 Å². The van der Waals surface area contributed by atoms with Crippen LogP contribution >= 0.6 is 0 Å². The number of hydrogen-bond acceptors (Lipinski definition) is 4. The van der Waals surface area contributed by atoms with Gasteiger partial charge in [-0.1, -0.05) is 116 Å². The molecule has 0 N–H and O–H groups in total. The van der Waals surface area contributed by atoms with Gasteiger partial charge in [0.25, 0.3) is 0 Å². The first kappa shape index (κ1) is 29.1. The van der Waals surface area contributed by atoms with Crippen LogP contribution in [-0.4, -0.2) is 19.6 Å². The van der Waals surface area contributed by atoms with Crippen LogP contribution in [0.3, 0.4) is 0 Å². The molecule has 152 valence electrons. The summed E-state index contributed by atoms with van der Waals surface area (Å²) < 4.78 is 34.9. The van der Waals surface area contributed by atoms with Crippen LogP contribution in [0.4, 0.5) is 0 Å². The second-order valence-corrected chi connectivity index (χ2v) is 8.29. The summed E-state index contributed by atoms with van der Waals surface area (Å²) in [5, 5.41) is 0. The minimum atomic E-state index is -4.50. The third-order valence-corrected chi connectivity index (χ3v) is 5.18. The quantitative estimate of drug-likeness (QED) is 0.136. The smallest absolute Gasteiger partial charge is 0.726 e. The van der Waals surface area contributed by atoms with Crippen molar-refractivity contribution >= 4 is 10.4 Å². The Balaban J connectivity index is 0. The topological polar surface area (TPSA) is 66.4 Å². The van der Waals surface area contributed by atoms with E-state index in [1.807, 2.05) is 0 Å². The van der Waals surface area contributed by atoms with Crippen molar-refractivity contribution in [3.05, 3.63) is 0 Å². The van der Waals surface area contributed by atoms with E-state index in [1.165, 1.54) is 96.3 Å². The van der Waals surface area contributed by atoms with Crippen molar-refractivity contribution in [2.24, 2.45) is 0 Å². The Morgan fingerprint density at radius 2 is 0.846 bits per heavy atom. The number of rotatable bonds is 20. The van der Waals surface area contributed by atoms with Crippen LogP contribution in [0.15, 0.2) is 0 Å². The summed E-state index contributed by atoms with van der Waals surface area (Å²) in [6.07, 6.45) is 23.2. The van der Waals surface area contributed by atoms with Gasteiger partial charge in [-0.3, -0.25) is 4.18 Å².